The number of nitrogens with one attached hydrogen (secondary N) is 1. The molecule has 3 N–H and O–H groups in total. The minimum atomic E-state index is -1.16. The van der Waals surface area contributed by atoms with Crippen molar-refractivity contribution in [2.24, 2.45) is 0 Å². The number of aliphatic carboxylic acids is 1. The lowest BCUT2D eigenvalue weighted by Gasteiger charge is -2.47. The van der Waals surface area contributed by atoms with Crippen molar-refractivity contribution in [2.75, 3.05) is 17.3 Å². The fourth-order valence-corrected chi connectivity index (χ4v) is 5.37. The van der Waals surface area contributed by atoms with Gasteiger partial charge in [-0.3, -0.25) is 14.4 Å². The van der Waals surface area contributed by atoms with Gasteiger partial charge in [0.1, 0.15) is 28.7 Å². The van der Waals surface area contributed by atoms with Crippen LogP contribution in [0.2, 0.25) is 0 Å². The van der Waals surface area contributed by atoms with Gasteiger partial charge in [0, 0.05) is 11.4 Å². The average molecular weight is 557 g/mol. The Kier molecular flexibility index (Phi) is 8.82. The number of thioether (sulfide) groups is 1. The maximum absolute atomic E-state index is 13.5. The molecule has 1 saturated heterocycles. The molecule has 3 aromatic rings. The van der Waals surface area contributed by atoms with Gasteiger partial charge in [-0.1, -0.05) is 24.3 Å². The van der Waals surface area contributed by atoms with Crippen LogP contribution in [0, 0.1) is 11.6 Å². The number of hydrogen-bond donors (Lipinski definition) is 3. The molecule has 4 rings (SSSR count). The van der Waals surface area contributed by atoms with Gasteiger partial charge in [-0.15, -0.1) is 11.8 Å². The monoisotopic (exact) mass is 556 g/mol. The lowest BCUT2D eigenvalue weighted by molar-refractivity contribution is -0.141. The first-order valence-corrected chi connectivity index (χ1v) is 13.1. The van der Waals surface area contributed by atoms with E-state index >= 15 is 0 Å². The van der Waals surface area contributed by atoms with Gasteiger partial charge >= 0.3 is 5.97 Å². The Morgan fingerprint density at radius 1 is 1.00 bits per heavy atom. The molecule has 0 bridgehead atoms. The molecule has 1 aliphatic rings. The van der Waals surface area contributed by atoms with Gasteiger partial charge in [-0.25, -0.2) is 8.78 Å². The van der Waals surface area contributed by atoms with E-state index in [1.807, 2.05) is 0 Å². The molecule has 1 unspecified atom stereocenters. The third-order valence-corrected chi connectivity index (χ3v) is 7.51. The number of anilines is 1. The molecule has 1 heterocycles. The summed E-state index contributed by atoms with van der Waals surface area (Å²) in [5, 5.41) is 21.2. The number of carboxylic acids is 1. The van der Waals surface area contributed by atoms with E-state index in [-0.39, 0.29) is 18.3 Å². The quantitative estimate of drug-likeness (QED) is 0.307. The van der Waals surface area contributed by atoms with Crippen molar-refractivity contribution in [2.45, 2.75) is 30.4 Å². The summed E-state index contributed by atoms with van der Waals surface area (Å²) >= 11 is 1.27. The molecular weight excluding hydrogens is 530 g/mol. The van der Waals surface area contributed by atoms with Gasteiger partial charge < -0.3 is 25.2 Å². The number of hydrogen-bond acceptors (Lipinski definition) is 6. The Morgan fingerprint density at radius 3 is 2.18 bits per heavy atom. The van der Waals surface area contributed by atoms with Crippen molar-refractivity contribution in [3.8, 4) is 5.75 Å². The molecule has 0 aliphatic carbocycles. The van der Waals surface area contributed by atoms with E-state index in [1.165, 1.54) is 67.2 Å². The fraction of sp³-hybridized carbons (Fsp3) is 0.250. The third kappa shape index (κ3) is 6.73. The van der Waals surface area contributed by atoms with Crippen molar-refractivity contribution in [1.29, 1.82) is 0 Å². The molecule has 1 aliphatic heterocycles. The first kappa shape index (κ1) is 28.1. The largest absolute Gasteiger partial charge is 0.484 e. The van der Waals surface area contributed by atoms with Crippen LogP contribution >= 0.6 is 11.8 Å². The highest BCUT2D eigenvalue weighted by molar-refractivity contribution is 8.00. The third-order valence-electron chi connectivity index (χ3n) is 6.18. The van der Waals surface area contributed by atoms with Gasteiger partial charge in [0.2, 0.25) is 5.91 Å². The molecule has 0 radical (unpaired) electrons. The maximum Gasteiger partial charge on any atom is 0.325 e. The number of aliphatic hydroxyl groups excluding tert-OH is 1. The Bertz CT molecular complexity index is 1320. The standard InChI is InChI=1S/C28H26F2N2O6S/c1-16(28(36)37)31-24(34)14-38-22-12-4-18(5-13-22)25-26(27(35)32(25)21-10-8-20(30)9-11-21)39-15-23(33)17-2-6-19(29)7-3-17/h2-13,16,23,25-26,33H,14-15H2,1H3,(H,31,34)(H,36,37)/t16-,23?,25-,26+/m1/s1. The summed E-state index contributed by atoms with van der Waals surface area (Å²) in [7, 11) is 0. The molecule has 4 atom stereocenters. The Labute approximate surface area is 227 Å². The summed E-state index contributed by atoms with van der Waals surface area (Å²) in [4.78, 5) is 37.5. The van der Waals surface area contributed by atoms with Crippen LogP contribution < -0.4 is 15.0 Å². The summed E-state index contributed by atoms with van der Waals surface area (Å²) in [6.45, 7) is 0.967. The van der Waals surface area contributed by atoms with E-state index < -0.39 is 46.9 Å². The van der Waals surface area contributed by atoms with Crippen molar-refractivity contribution >= 4 is 35.2 Å². The normalized spacial score (nSPS) is 18.2. The molecule has 2 amide bonds. The van der Waals surface area contributed by atoms with Crippen molar-refractivity contribution in [3.05, 3.63) is 95.6 Å². The molecule has 204 valence electrons. The topological polar surface area (TPSA) is 116 Å². The minimum absolute atomic E-state index is 0.195. The highest BCUT2D eigenvalue weighted by atomic mass is 32.2. The lowest BCUT2D eigenvalue weighted by Crippen LogP contribution is -2.57. The number of carboxylic acid groups (broad SMARTS) is 1. The first-order chi connectivity index (χ1) is 18.6. The number of benzene rings is 3. The summed E-state index contributed by atoms with van der Waals surface area (Å²) in [5.74, 6) is -2.23. The van der Waals surface area contributed by atoms with Gasteiger partial charge in [0.25, 0.3) is 5.91 Å². The number of carbonyl (C=O) groups is 3. The van der Waals surface area contributed by atoms with E-state index in [2.05, 4.69) is 5.32 Å². The summed E-state index contributed by atoms with van der Waals surface area (Å²) < 4.78 is 32.2. The smallest absolute Gasteiger partial charge is 0.325 e. The van der Waals surface area contributed by atoms with E-state index in [0.717, 1.165) is 5.56 Å². The minimum Gasteiger partial charge on any atom is -0.484 e. The number of halogens is 2. The summed E-state index contributed by atoms with van der Waals surface area (Å²) in [6.07, 6.45) is -0.908. The van der Waals surface area contributed by atoms with Crippen molar-refractivity contribution < 1.29 is 38.1 Å². The van der Waals surface area contributed by atoms with Gasteiger partial charge in [0.15, 0.2) is 6.61 Å². The number of rotatable bonds is 11. The van der Waals surface area contributed by atoms with E-state index in [1.54, 1.807) is 29.2 Å². The van der Waals surface area contributed by atoms with Crippen molar-refractivity contribution in [3.63, 3.8) is 0 Å². The maximum atomic E-state index is 13.5. The number of nitrogens with zero attached hydrogens (tertiary/aromatic N) is 1. The molecule has 11 heteroatoms. The molecule has 3 aromatic carbocycles. The summed E-state index contributed by atoms with van der Waals surface area (Å²) in [5.41, 5.74) is 1.81. The zero-order valence-corrected chi connectivity index (χ0v) is 21.6. The first-order valence-electron chi connectivity index (χ1n) is 12.0. The van der Waals surface area contributed by atoms with Gasteiger partial charge in [-0.2, -0.15) is 0 Å². The predicted molar refractivity (Wildman–Crippen MR) is 141 cm³/mol. The summed E-state index contributed by atoms with van der Waals surface area (Å²) in [6, 6.07) is 16.3. The average Bonchev–Trinajstić information content (AvgIpc) is 2.92. The van der Waals surface area contributed by atoms with Crippen LogP contribution in [0.1, 0.15) is 30.2 Å². The molecular formula is C28H26F2N2O6S. The van der Waals surface area contributed by atoms with E-state index in [0.29, 0.717) is 17.0 Å². The highest BCUT2D eigenvalue weighted by Crippen LogP contribution is 2.46. The number of ether oxygens (including phenoxy) is 1. The molecule has 0 spiro atoms. The van der Waals surface area contributed by atoms with Crippen LogP contribution in [0.4, 0.5) is 14.5 Å². The fourth-order valence-electron chi connectivity index (χ4n) is 4.07. The predicted octanol–water partition coefficient (Wildman–Crippen LogP) is 3.86. The Morgan fingerprint density at radius 2 is 1.59 bits per heavy atom. The van der Waals surface area contributed by atoms with E-state index in [9.17, 15) is 28.3 Å². The zero-order valence-electron chi connectivity index (χ0n) is 20.8. The number of β-lactam (4-membered cyclic amide) rings is 1. The van der Waals surface area contributed by atoms with Crippen molar-refractivity contribution in [1.82, 2.24) is 5.32 Å². The SMILES string of the molecule is C[C@@H](NC(=O)COc1ccc([C@@H]2[C@H](SCC(O)c3ccc(F)cc3)C(=O)N2c2ccc(F)cc2)cc1)C(=O)O. The Balaban J connectivity index is 1.47. The molecule has 39 heavy (non-hydrogen) atoms. The van der Waals surface area contributed by atoms with Gasteiger partial charge in [0.05, 0.1) is 12.1 Å². The van der Waals surface area contributed by atoms with Crippen LogP contribution in [0.15, 0.2) is 72.8 Å². The lowest BCUT2D eigenvalue weighted by atomic mass is 9.92. The number of aliphatic hydroxyl groups is 1. The molecule has 8 nitrogen and oxygen atoms in total. The molecule has 0 aromatic heterocycles. The molecule has 0 saturated carbocycles. The second kappa shape index (κ2) is 12.3. The molecule has 1 fully saturated rings. The second-order valence-electron chi connectivity index (χ2n) is 8.94. The zero-order chi connectivity index (χ0) is 28.1. The van der Waals surface area contributed by atoms with Crippen LogP contribution in [0.25, 0.3) is 0 Å². The number of amides is 2. The van der Waals surface area contributed by atoms with Crippen LogP contribution in [-0.2, 0) is 14.4 Å². The highest BCUT2D eigenvalue weighted by Gasteiger charge is 2.49. The van der Waals surface area contributed by atoms with Crippen LogP contribution in [0.5, 0.6) is 5.75 Å². The van der Waals surface area contributed by atoms with Crippen LogP contribution in [-0.4, -0.2) is 51.6 Å². The van der Waals surface area contributed by atoms with Gasteiger partial charge in [-0.05, 0) is 66.6 Å². The van der Waals surface area contributed by atoms with Crippen LogP contribution in [0.3, 0.4) is 0 Å². The Hall–Kier alpha value is -3.96. The van der Waals surface area contributed by atoms with E-state index in [4.69, 9.17) is 9.84 Å². The second-order valence-corrected chi connectivity index (χ2v) is 10.1. The number of carbonyl (C=O) groups excluding carboxylic acids is 2.